The van der Waals surface area contributed by atoms with Gasteiger partial charge >= 0.3 is 0 Å². The van der Waals surface area contributed by atoms with E-state index in [4.69, 9.17) is 0 Å². The second-order valence-electron chi connectivity index (χ2n) is 3.56. The Hall–Kier alpha value is -1.72. The zero-order chi connectivity index (χ0) is 9.97. The fourth-order valence-electron chi connectivity index (χ4n) is 1.42. The molecule has 14 heavy (non-hydrogen) atoms. The quantitative estimate of drug-likeness (QED) is 0.594. The second-order valence-corrected chi connectivity index (χ2v) is 3.56. The Morgan fingerprint density at radius 2 is 2.00 bits per heavy atom. The van der Waals surface area contributed by atoms with Gasteiger partial charge in [-0.25, -0.2) is 0 Å². The van der Waals surface area contributed by atoms with Crippen LogP contribution in [0.5, 0.6) is 0 Å². The molecular weight excluding hydrogens is 170 g/mol. The number of aromatic nitrogens is 1. The lowest BCUT2D eigenvalue weighted by Gasteiger charge is -1.94. The van der Waals surface area contributed by atoms with Gasteiger partial charge < -0.3 is 4.57 Å². The third kappa shape index (κ3) is 1.63. The monoisotopic (exact) mass is 183 g/mol. The summed E-state index contributed by atoms with van der Waals surface area (Å²) in [4.78, 5) is 0. The van der Waals surface area contributed by atoms with Crippen LogP contribution in [0.4, 0.5) is 0 Å². The average Bonchev–Trinajstić information content (AvgIpc) is 2.58. The van der Waals surface area contributed by atoms with Crippen LogP contribution in [0.3, 0.4) is 0 Å². The molecule has 0 aliphatic rings. The molecule has 1 aromatic heterocycles. The Morgan fingerprint density at radius 3 is 2.79 bits per heavy atom. The maximum absolute atomic E-state index is 3.19. The molecular formula is C13H13N. The van der Waals surface area contributed by atoms with Crippen LogP contribution in [0.2, 0.25) is 0 Å². The lowest BCUT2D eigenvalue weighted by atomic mass is 10.2. The average molecular weight is 183 g/mol. The Kier molecular flexibility index (Phi) is 2.26. The molecule has 1 nitrogen and oxygen atoms in total. The van der Waals surface area contributed by atoms with E-state index in [9.17, 15) is 0 Å². The van der Waals surface area contributed by atoms with Crippen LogP contribution in [-0.4, -0.2) is 4.57 Å². The molecule has 0 N–H and O–H groups in total. The lowest BCUT2D eigenvalue weighted by molar-refractivity contribution is 1.22. The predicted octanol–water partition coefficient (Wildman–Crippen LogP) is 3.68. The zero-order valence-corrected chi connectivity index (χ0v) is 8.49. The second kappa shape index (κ2) is 3.57. The van der Waals surface area contributed by atoms with Crippen molar-refractivity contribution in [1.82, 2.24) is 4.57 Å². The van der Waals surface area contributed by atoms with E-state index in [1.165, 1.54) is 16.5 Å². The molecule has 2 rings (SSSR count). The van der Waals surface area contributed by atoms with E-state index in [2.05, 4.69) is 46.8 Å². The summed E-state index contributed by atoms with van der Waals surface area (Å²) in [5.41, 5.74) is 5.60. The van der Waals surface area contributed by atoms with Gasteiger partial charge in [0.1, 0.15) is 0 Å². The first-order chi connectivity index (χ1) is 6.77. The van der Waals surface area contributed by atoms with Crippen LogP contribution >= 0.6 is 0 Å². The van der Waals surface area contributed by atoms with Crippen molar-refractivity contribution in [2.24, 2.45) is 0 Å². The van der Waals surface area contributed by atoms with Gasteiger partial charge in [-0.2, -0.15) is 0 Å². The summed E-state index contributed by atoms with van der Waals surface area (Å²) in [6, 6.07) is 10.4. The van der Waals surface area contributed by atoms with Crippen molar-refractivity contribution in [3.8, 4) is 0 Å². The molecule has 1 aromatic carbocycles. The van der Waals surface area contributed by atoms with Gasteiger partial charge in [-0.1, -0.05) is 18.2 Å². The van der Waals surface area contributed by atoms with Crippen molar-refractivity contribution < 1.29 is 0 Å². The SMILES string of the molecule is CC(C)=C=Cn1ccc2ccccc21. The van der Waals surface area contributed by atoms with Crippen LogP contribution in [0.15, 0.2) is 47.8 Å². The van der Waals surface area contributed by atoms with E-state index in [1.807, 2.05) is 20.0 Å². The smallest absolute Gasteiger partial charge is 0.0528 e. The highest BCUT2D eigenvalue weighted by atomic mass is 14.9. The normalized spacial score (nSPS) is 9.86. The minimum atomic E-state index is 1.18. The van der Waals surface area contributed by atoms with Crippen LogP contribution < -0.4 is 0 Å². The summed E-state index contributed by atoms with van der Waals surface area (Å²) in [6.07, 6.45) is 4.03. The van der Waals surface area contributed by atoms with Crippen molar-refractivity contribution in [2.75, 3.05) is 0 Å². The standard InChI is InChI=1S/C13H13N/c1-11(2)7-9-14-10-8-12-5-3-4-6-13(12)14/h3-6,8-10H,1-2H3. The summed E-state index contributed by atoms with van der Waals surface area (Å²) in [6.45, 7) is 4.09. The fraction of sp³-hybridized carbons (Fsp3) is 0.154. The number of fused-ring (bicyclic) bond motifs is 1. The van der Waals surface area contributed by atoms with Gasteiger partial charge in [0.05, 0.1) is 11.7 Å². The number of allylic oxidation sites excluding steroid dienone is 1. The first kappa shape index (κ1) is 8.86. The minimum Gasteiger partial charge on any atom is -0.316 e. The molecule has 0 amide bonds. The third-order valence-electron chi connectivity index (χ3n) is 2.12. The highest BCUT2D eigenvalue weighted by Gasteiger charge is 1.94. The zero-order valence-electron chi connectivity index (χ0n) is 8.49. The number of hydrogen-bond donors (Lipinski definition) is 0. The number of nitrogens with zero attached hydrogens (tertiary/aromatic N) is 1. The largest absolute Gasteiger partial charge is 0.316 e. The van der Waals surface area contributed by atoms with E-state index >= 15 is 0 Å². The van der Waals surface area contributed by atoms with Crippen LogP contribution in [0, 0.1) is 0 Å². The molecule has 0 saturated carbocycles. The molecule has 2 aromatic rings. The molecule has 0 radical (unpaired) electrons. The van der Waals surface area contributed by atoms with E-state index in [0.29, 0.717) is 0 Å². The number of hydrogen-bond acceptors (Lipinski definition) is 0. The molecule has 0 fully saturated rings. The van der Waals surface area contributed by atoms with E-state index in [0.717, 1.165) is 0 Å². The molecule has 0 bridgehead atoms. The van der Waals surface area contributed by atoms with Gasteiger partial charge in [0, 0.05) is 6.20 Å². The Morgan fingerprint density at radius 1 is 1.21 bits per heavy atom. The Balaban J connectivity index is 2.59. The van der Waals surface area contributed by atoms with Gasteiger partial charge in [0.15, 0.2) is 0 Å². The van der Waals surface area contributed by atoms with Gasteiger partial charge in [0.2, 0.25) is 0 Å². The lowest BCUT2D eigenvalue weighted by Crippen LogP contribution is -1.80. The van der Waals surface area contributed by atoms with Crippen molar-refractivity contribution >= 4 is 17.1 Å². The highest BCUT2D eigenvalue weighted by Crippen LogP contribution is 2.14. The number of para-hydroxylation sites is 1. The molecule has 70 valence electrons. The maximum Gasteiger partial charge on any atom is 0.0528 e. The molecule has 0 unspecified atom stereocenters. The van der Waals surface area contributed by atoms with E-state index in [1.54, 1.807) is 0 Å². The highest BCUT2D eigenvalue weighted by molar-refractivity contribution is 5.81. The predicted molar refractivity (Wildman–Crippen MR) is 61.1 cm³/mol. The summed E-state index contributed by atoms with van der Waals surface area (Å²) in [5, 5.41) is 1.26. The summed E-state index contributed by atoms with van der Waals surface area (Å²) in [7, 11) is 0. The first-order valence-corrected chi connectivity index (χ1v) is 4.73. The van der Waals surface area contributed by atoms with E-state index < -0.39 is 0 Å². The van der Waals surface area contributed by atoms with E-state index in [-0.39, 0.29) is 0 Å². The third-order valence-corrected chi connectivity index (χ3v) is 2.12. The molecule has 1 heteroatoms. The Bertz CT molecular complexity index is 507. The van der Waals surface area contributed by atoms with Crippen molar-refractivity contribution in [2.45, 2.75) is 13.8 Å². The van der Waals surface area contributed by atoms with Gasteiger partial charge in [0.25, 0.3) is 0 Å². The number of rotatable bonds is 1. The molecule has 0 atom stereocenters. The molecule has 0 aliphatic heterocycles. The van der Waals surface area contributed by atoms with Crippen molar-refractivity contribution in [3.63, 3.8) is 0 Å². The molecule has 0 aliphatic carbocycles. The fourth-order valence-corrected chi connectivity index (χ4v) is 1.42. The van der Waals surface area contributed by atoms with Gasteiger partial charge in [-0.05, 0) is 36.9 Å². The topological polar surface area (TPSA) is 4.93 Å². The van der Waals surface area contributed by atoms with Crippen LogP contribution in [0.25, 0.3) is 17.1 Å². The summed E-state index contributed by atoms with van der Waals surface area (Å²) in [5.74, 6) is 0. The first-order valence-electron chi connectivity index (χ1n) is 4.73. The maximum atomic E-state index is 3.19. The van der Waals surface area contributed by atoms with Gasteiger partial charge in [-0.15, -0.1) is 5.73 Å². The summed E-state index contributed by atoms with van der Waals surface area (Å²) >= 11 is 0. The van der Waals surface area contributed by atoms with Crippen LogP contribution in [0.1, 0.15) is 13.8 Å². The number of benzene rings is 1. The molecule has 1 heterocycles. The van der Waals surface area contributed by atoms with Crippen LogP contribution in [-0.2, 0) is 0 Å². The summed E-state index contributed by atoms with van der Waals surface area (Å²) < 4.78 is 2.09. The molecule has 0 saturated heterocycles. The van der Waals surface area contributed by atoms with Crippen molar-refractivity contribution in [1.29, 1.82) is 0 Å². The minimum absolute atomic E-state index is 1.18. The van der Waals surface area contributed by atoms with Gasteiger partial charge in [-0.3, -0.25) is 0 Å². The Labute approximate surface area is 84.0 Å². The van der Waals surface area contributed by atoms with Crippen molar-refractivity contribution in [3.05, 3.63) is 47.8 Å². The molecule has 0 spiro atoms.